The zero-order chi connectivity index (χ0) is 19.7. The zero-order valence-corrected chi connectivity index (χ0v) is 16.3. The van der Waals surface area contributed by atoms with Crippen molar-refractivity contribution in [3.05, 3.63) is 76.6 Å². The van der Waals surface area contributed by atoms with Crippen LogP contribution in [0.2, 0.25) is 0 Å². The predicted octanol–water partition coefficient (Wildman–Crippen LogP) is 4.76. The van der Waals surface area contributed by atoms with Crippen molar-refractivity contribution in [2.75, 3.05) is 12.4 Å². The first-order valence-corrected chi connectivity index (χ1v) is 9.42. The number of fused-ring (bicyclic) bond motifs is 1. The van der Waals surface area contributed by atoms with Crippen molar-refractivity contribution in [1.82, 2.24) is 9.97 Å². The van der Waals surface area contributed by atoms with E-state index in [1.54, 1.807) is 7.11 Å². The number of carbonyl (C=O) groups is 1. The van der Waals surface area contributed by atoms with Gasteiger partial charge in [-0.1, -0.05) is 29.8 Å². The molecule has 0 unspecified atom stereocenters. The maximum atomic E-state index is 12.8. The van der Waals surface area contributed by atoms with E-state index in [2.05, 4.69) is 40.4 Å². The maximum absolute atomic E-state index is 12.8. The molecular weight excluding hydrogens is 350 g/mol. The first-order valence-electron chi connectivity index (χ1n) is 9.42. The summed E-state index contributed by atoms with van der Waals surface area (Å²) < 4.78 is 5.19. The lowest BCUT2D eigenvalue weighted by molar-refractivity contribution is 0.0962. The minimum Gasteiger partial charge on any atom is -0.497 e. The Morgan fingerprint density at radius 2 is 1.82 bits per heavy atom. The molecule has 1 aliphatic carbocycles. The molecule has 0 saturated heterocycles. The standard InChI is InChI=1S/C23H23N3O2/c1-14-5-4-6-16(11-14)17-12-20-22(21(27)13-17)15(2)24-23(26-20)25-18-7-9-19(28-3)10-8-18/h4-11,17H,12-13H2,1-3H3,(H,24,25,26)/t17-/m1/s1. The molecular formula is C23H23N3O2. The number of ketones is 1. The fourth-order valence-electron chi connectivity index (χ4n) is 3.79. The molecule has 4 rings (SSSR count). The van der Waals surface area contributed by atoms with E-state index in [0.29, 0.717) is 17.9 Å². The second-order valence-corrected chi connectivity index (χ2v) is 7.25. The van der Waals surface area contributed by atoms with Gasteiger partial charge >= 0.3 is 0 Å². The molecule has 5 nitrogen and oxygen atoms in total. The van der Waals surface area contributed by atoms with Gasteiger partial charge in [-0.05, 0) is 56.0 Å². The molecule has 2 aromatic carbocycles. The average molecular weight is 373 g/mol. The summed E-state index contributed by atoms with van der Waals surface area (Å²) in [6.07, 6.45) is 1.25. The molecule has 0 fully saturated rings. The van der Waals surface area contributed by atoms with Crippen LogP contribution in [-0.2, 0) is 6.42 Å². The Kier molecular flexibility index (Phi) is 4.82. The number of anilines is 2. The Hall–Kier alpha value is -3.21. The number of rotatable bonds is 4. The zero-order valence-electron chi connectivity index (χ0n) is 16.3. The first-order chi connectivity index (χ1) is 13.5. The van der Waals surface area contributed by atoms with E-state index < -0.39 is 0 Å². The van der Waals surface area contributed by atoms with Crippen LogP contribution in [0, 0.1) is 13.8 Å². The highest BCUT2D eigenvalue weighted by atomic mass is 16.5. The predicted molar refractivity (Wildman–Crippen MR) is 110 cm³/mol. The number of methoxy groups -OCH3 is 1. The number of ether oxygens (including phenoxy) is 1. The highest BCUT2D eigenvalue weighted by Crippen LogP contribution is 2.34. The van der Waals surface area contributed by atoms with Gasteiger partial charge in [0.15, 0.2) is 5.78 Å². The number of benzene rings is 2. The number of nitrogens with zero attached hydrogens (tertiary/aromatic N) is 2. The van der Waals surface area contributed by atoms with Crippen LogP contribution in [-0.4, -0.2) is 22.9 Å². The van der Waals surface area contributed by atoms with Gasteiger partial charge in [0.05, 0.1) is 24.1 Å². The van der Waals surface area contributed by atoms with Crippen molar-refractivity contribution in [2.24, 2.45) is 0 Å². The third kappa shape index (κ3) is 3.60. The minimum absolute atomic E-state index is 0.126. The van der Waals surface area contributed by atoms with Gasteiger partial charge in [-0.15, -0.1) is 0 Å². The summed E-state index contributed by atoms with van der Waals surface area (Å²) >= 11 is 0. The van der Waals surface area contributed by atoms with Crippen LogP contribution in [0.15, 0.2) is 48.5 Å². The molecule has 0 radical (unpaired) electrons. The van der Waals surface area contributed by atoms with E-state index in [1.165, 1.54) is 11.1 Å². The van der Waals surface area contributed by atoms with Gasteiger partial charge in [-0.2, -0.15) is 0 Å². The third-order valence-corrected chi connectivity index (χ3v) is 5.17. The van der Waals surface area contributed by atoms with E-state index in [0.717, 1.165) is 29.2 Å². The molecule has 1 heterocycles. The van der Waals surface area contributed by atoms with Gasteiger partial charge in [0, 0.05) is 12.1 Å². The number of hydrogen-bond donors (Lipinski definition) is 1. The number of nitrogens with one attached hydrogen (secondary N) is 1. The minimum atomic E-state index is 0.126. The van der Waals surface area contributed by atoms with E-state index >= 15 is 0 Å². The lowest BCUT2D eigenvalue weighted by atomic mass is 9.81. The quantitative estimate of drug-likeness (QED) is 0.714. The number of aromatic nitrogens is 2. The largest absolute Gasteiger partial charge is 0.497 e. The molecule has 0 saturated carbocycles. The van der Waals surface area contributed by atoms with Crippen molar-refractivity contribution in [3.63, 3.8) is 0 Å². The average Bonchev–Trinajstić information content (AvgIpc) is 2.68. The second kappa shape index (κ2) is 7.43. The summed E-state index contributed by atoms with van der Waals surface area (Å²) in [6.45, 7) is 3.95. The third-order valence-electron chi connectivity index (χ3n) is 5.17. The Labute approximate surface area is 164 Å². The first kappa shape index (κ1) is 18.2. The van der Waals surface area contributed by atoms with Gasteiger partial charge in [0.1, 0.15) is 5.75 Å². The fourth-order valence-corrected chi connectivity index (χ4v) is 3.79. The number of aryl methyl sites for hydroxylation is 2. The molecule has 1 atom stereocenters. The smallest absolute Gasteiger partial charge is 0.227 e. The van der Waals surface area contributed by atoms with Crippen LogP contribution in [0.3, 0.4) is 0 Å². The summed E-state index contributed by atoms with van der Waals surface area (Å²) in [5.41, 5.74) is 5.51. The van der Waals surface area contributed by atoms with Crippen LogP contribution >= 0.6 is 0 Å². The van der Waals surface area contributed by atoms with Gasteiger partial charge in [-0.25, -0.2) is 9.97 Å². The number of hydrogen-bond acceptors (Lipinski definition) is 5. The van der Waals surface area contributed by atoms with Gasteiger partial charge in [-0.3, -0.25) is 4.79 Å². The van der Waals surface area contributed by atoms with E-state index in [-0.39, 0.29) is 11.7 Å². The summed E-state index contributed by atoms with van der Waals surface area (Å²) in [6, 6.07) is 16.0. The molecule has 1 aromatic heterocycles. The molecule has 5 heteroatoms. The van der Waals surface area contributed by atoms with Crippen molar-refractivity contribution in [3.8, 4) is 5.75 Å². The molecule has 3 aromatic rings. The highest BCUT2D eigenvalue weighted by Gasteiger charge is 2.30. The van der Waals surface area contributed by atoms with Crippen molar-refractivity contribution in [2.45, 2.75) is 32.6 Å². The molecule has 1 N–H and O–H groups in total. The fraction of sp³-hybridized carbons (Fsp3) is 0.261. The molecule has 0 bridgehead atoms. The van der Waals surface area contributed by atoms with Gasteiger partial charge in [0.25, 0.3) is 0 Å². The Bertz CT molecular complexity index is 1030. The summed E-state index contributed by atoms with van der Waals surface area (Å²) in [5.74, 6) is 1.59. The van der Waals surface area contributed by atoms with E-state index in [4.69, 9.17) is 4.74 Å². The molecule has 0 amide bonds. The van der Waals surface area contributed by atoms with Crippen molar-refractivity contribution in [1.29, 1.82) is 0 Å². The Morgan fingerprint density at radius 1 is 1.04 bits per heavy atom. The van der Waals surface area contributed by atoms with Crippen molar-refractivity contribution >= 4 is 17.4 Å². The number of Topliss-reactive ketones (excluding diaryl/α,β-unsaturated/α-hetero) is 1. The van der Waals surface area contributed by atoms with Crippen molar-refractivity contribution < 1.29 is 9.53 Å². The SMILES string of the molecule is COc1ccc(Nc2nc(C)c3c(n2)C[C@@H](c2cccc(C)c2)CC3=O)cc1. The van der Waals surface area contributed by atoms with Crippen LogP contribution in [0.1, 0.15) is 45.2 Å². The Morgan fingerprint density at radius 3 is 2.54 bits per heavy atom. The molecule has 0 spiro atoms. The Balaban J connectivity index is 1.64. The molecule has 142 valence electrons. The molecule has 0 aliphatic heterocycles. The monoisotopic (exact) mass is 373 g/mol. The van der Waals surface area contributed by atoms with E-state index in [1.807, 2.05) is 37.3 Å². The van der Waals surface area contributed by atoms with Crippen LogP contribution in [0.25, 0.3) is 0 Å². The topological polar surface area (TPSA) is 64.1 Å². The summed E-state index contributed by atoms with van der Waals surface area (Å²) in [4.78, 5) is 22.0. The molecule has 1 aliphatic rings. The van der Waals surface area contributed by atoms with Crippen LogP contribution < -0.4 is 10.1 Å². The lowest BCUT2D eigenvalue weighted by Crippen LogP contribution is -2.22. The van der Waals surface area contributed by atoms with Crippen LogP contribution in [0.5, 0.6) is 5.75 Å². The summed E-state index contributed by atoms with van der Waals surface area (Å²) in [7, 11) is 1.64. The summed E-state index contributed by atoms with van der Waals surface area (Å²) in [5, 5.41) is 3.24. The highest BCUT2D eigenvalue weighted by molar-refractivity contribution is 5.99. The molecule has 28 heavy (non-hydrogen) atoms. The van der Waals surface area contributed by atoms with Gasteiger partial charge < -0.3 is 10.1 Å². The maximum Gasteiger partial charge on any atom is 0.227 e. The van der Waals surface area contributed by atoms with Gasteiger partial charge in [0.2, 0.25) is 5.95 Å². The van der Waals surface area contributed by atoms with E-state index in [9.17, 15) is 4.79 Å². The lowest BCUT2D eigenvalue weighted by Gasteiger charge is -2.25. The normalized spacial score (nSPS) is 15.8. The number of carbonyl (C=O) groups excluding carboxylic acids is 1. The van der Waals surface area contributed by atoms with Crippen LogP contribution in [0.4, 0.5) is 11.6 Å². The second-order valence-electron chi connectivity index (χ2n) is 7.25.